The van der Waals surface area contributed by atoms with Gasteiger partial charge in [-0.3, -0.25) is 4.79 Å². The summed E-state index contributed by atoms with van der Waals surface area (Å²) >= 11 is 1.98. The Hall–Kier alpha value is -2.29. The molecule has 0 aliphatic rings. The van der Waals surface area contributed by atoms with Crippen LogP contribution in [0.5, 0.6) is 17.2 Å². The van der Waals surface area contributed by atoms with Crippen molar-refractivity contribution in [3.63, 3.8) is 0 Å². The first-order valence-electron chi connectivity index (χ1n) is 6.79. The van der Waals surface area contributed by atoms with Gasteiger partial charge < -0.3 is 14.9 Å². The molecule has 0 spiro atoms. The van der Waals surface area contributed by atoms with Crippen molar-refractivity contribution in [2.75, 3.05) is 6.61 Å². The van der Waals surface area contributed by atoms with E-state index in [0.29, 0.717) is 21.5 Å². The Morgan fingerprint density at radius 3 is 2.78 bits per heavy atom. The fourth-order valence-corrected chi connectivity index (χ4v) is 2.45. The normalized spacial score (nSPS) is 10.7. The van der Waals surface area contributed by atoms with Crippen LogP contribution < -0.4 is 10.2 Å². The number of carbonyl (C=O) groups is 1. The molecule has 0 heterocycles. The van der Waals surface area contributed by atoms with Crippen LogP contribution in [0.1, 0.15) is 22.8 Å². The summed E-state index contributed by atoms with van der Waals surface area (Å²) in [6.07, 6.45) is 1.43. The van der Waals surface area contributed by atoms with E-state index in [4.69, 9.17) is 4.74 Å². The van der Waals surface area contributed by atoms with E-state index in [1.165, 1.54) is 18.3 Å². The summed E-state index contributed by atoms with van der Waals surface area (Å²) in [5, 5.41) is 23.3. The number of para-hydroxylation sites is 1. The molecule has 0 aliphatic carbocycles. The summed E-state index contributed by atoms with van der Waals surface area (Å²) < 4.78 is 5.95. The first-order chi connectivity index (χ1) is 11.0. The minimum atomic E-state index is -0.516. The topological polar surface area (TPSA) is 91.2 Å². The number of nitrogens with one attached hydrogen (secondary N) is 1. The van der Waals surface area contributed by atoms with Gasteiger partial charge in [-0.25, -0.2) is 5.43 Å². The van der Waals surface area contributed by atoms with Gasteiger partial charge in [0.25, 0.3) is 5.91 Å². The molecule has 2 aromatic carbocycles. The zero-order chi connectivity index (χ0) is 16.8. The minimum absolute atomic E-state index is 0.0721. The summed E-state index contributed by atoms with van der Waals surface area (Å²) in [5.74, 6) is -0.202. The van der Waals surface area contributed by atoms with Crippen molar-refractivity contribution in [2.24, 2.45) is 5.10 Å². The monoisotopic (exact) mass is 426 g/mol. The fourth-order valence-electron chi connectivity index (χ4n) is 1.83. The molecule has 0 radical (unpaired) electrons. The van der Waals surface area contributed by atoms with Crippen molar-refractivity contribution in [1.29, 1.82) is 0 Å². The molecular weight excluding hydrogens is 411 g/mol. The summed E-state index contributed by atoms with van der Waals surface area (Å²) in [6, 6.07) is 9.52. The molecule has 2 aromatic rings. The van der Waals surface area contributed by atoms with Crippen molar-refractivity contribution < 1.29 is 19.7 Å². The van der Waals surface area contributed by atoms with Gasteiger partial charge in [0.2, 0.25) is 0 Å². The lowest BCUT2D eigenvalue weighted by molar-refractivity contribution is 0.0952. The van der Waals surface area contributed by atoms with Gasteiger partial charge in [0, 0.05) is 0 Å². The first-order valence-corrected chi connectivity index (χ1v) is 7.87. The molecule has 0 bridgehead atoms. The van der Waals surface area contributed by atoms with E-state index < -0.39 is 5.91 Å². The SMILES string of the molecule is CCOc1cc(/C=N/NC(=O)c2ccccc2O)cc(I)c1O. The van der Waals surface area contributed by atoms with Gasteiger partial charge in [0.15, 0.2) is 11.5 Å². The molecule has 6 nitrogen and oxygen atoms in total. The zero-order valence-electron chi connectivity index (χ0n) is 12.3. The first kappa shape index (κ1) is 17.1. The van der Waals surface area contributed by atoms with Crippen LogP contribution in [0.2, 0.25) is 0 Å². The second-order valence-electron chi connectivity index (χ2n) is 4.50. The molecule has 0 unspecified atom stereocenters. The van der Waals surface area contributed by atoms with E-state index in [2.05, 4.69) is 10.5 Å². The van der Waals surface area contributed by atoms with Gasteiger partial charge >= 0.3 is 0 Å². The molecule has 2 rings (SSSR count). The highest BCUT2D eigenvalue weighted by Crippen LogP contribution is 2.32. The lowest BCUT2D eigenvalue weighted by Crippen LogP contribution is -2.17. The number of aromatic hydroxyl groups is 2. The van der Waals surface area contributed by atoms with E-state index in [9.17, 15) is 15.0 Å². The van der Waals surface area contributed by atoms with Gasteiger partial charge in [0.1, 0.15) is 5.75 Å². The molecule has 120 valence electrons. The second-order valence-corrected chi connectivity index (χ2v) is 5.66. The van der Waals surface area contributed by atoms with Crippen LogP contribution in [-0.4, -0.2) is 28.9 Å². The van der Waals surface area contributed by atoms with Gasteiger partial charge in [-0.15, -0.1) is 0 Å². The maximum Gasteiger partial charge on any atom is 0.275 e. The Morgan fingerprint density at radius 1 is 1.35 bits per heavy atom. The minimum Gasteiger partial charge on any atom is -0.507 e. The second kappa shape index (κ2) is 7.82. The average Bonchev–Trinajstić information content (AvgIpc) is 2.52. The highest BCUT2D eigenvalue weighted by atomic mass is 127. The van der Waals surface area contributed by atoms with Crippen molar-refractivity contribution in [1.82, 2.24) is 5.43 Å². The molecule has 0 aliphatic heterocycles. The molecule has 0 saturated heterocycles. The van der Waals surface area contributed by atoms with E-state index in [-0.39, 0.29) is 17.1 Å². The van der Waals surface area contributed by atoms with E-state index in [0.717, 1.165) is 0 Å². The number of hydrazone groups is 1. The van der Waals surface area contributed by atoms with Crippen LogP contribution in [0.15, 0.2) is 41.5 Å². The Morgan fingerprint density at radius 2 is 2.09 bits per heavy atom. The van der Waals surface area contributed by atoms with Crippen molar-refractivity contribution >= 4 is 34.7 Å². The predicted octanol–water partition coefficient (Wildman–Crippen LogP) is 2.87. The number of amides is 1. The summed E-state index contributed by atoms with van der Waals surface area (Å²) in [5.41, 5.74) is 3.14. The largest absolute Gasteiger partial charge is 0.507 e. The number of carbonyl (C=O) groups excluding carboxylic acids is 1. The predicted molar refractivity (Wildman–Crippen MR) is 95.2 cm³/mol. The van der Waals surface area contributed by atoms with Crippen molar-refractivity contribution in [3.8, 4) is 17.2 Å². The Bertz CT molecular complexity index is 747. The maximum atomic E-state index is 11.9. The summed E-state index contributed by atoms with van der Waals surface area (Å²) in [7, 11) is 0. The van der Waals surface area contributed by atoms with Crippen molar-refractivity contribution in [2.45, 2.75) is 6.92 Å². The third-order valence-corrected chi connectivity index (χ3v) is 3.70. The summed E-state index contributed by atoms with van der Waals surface area (Å²) in [4.78, 5) is 11.9. The third kappa shape index (κ3) is 4.35. The highest BCUT2D eigenvalue weighted by Gasteiger charge is 2.10. The highest BCUT2D eigenvalue weighted by molar-refractivity contribution is 14.1. The number of hydrogen-bond donors (Lipinski definition) is 3. The lowest BCUT2D eigenvalue weighted by atomic mass is 10.2. The van der Waals surface area contributed by atoms with Crippen LogP contribution in [0.4, 0.5) is 0 Å². The number of rotatable bonds is 5. The van der Waals surface area contributed by atoms with E-state index in [1.807, 2.05) is 29.5 Å². The number of ether oxygens (including phenoxy) is 1. The molecule has 0 fully saturated rings. The van der Waals surface area contributed by atoms with Gasteiger partial charge in [-0.2, -0.15) is 5.10 Å². The number of phenolic OH excluding ortho intramolecular Hbond substituents is 2. The molecule has 0 aromatic heterocycles. The smallest absolute Gasteiger partial charge is 0.275 e. The molecule has 23 heavy (non-hydrogen) atoms. The van der Waals surface area contributed by atoms with Crippen LogP contribution in [0.25, 0.3) is 0 Å². The van der Waals surface area contributed by atoms with Gasteiger partial charge in [-0.1, -0.05) is 12.1 Å². The van der Waals surface area contributed by atoms with E-state index in [1.54, 1.807) is 24.3 Å². The quantitative estimate of drug-likeness (QED) is 0.390. The molecule has 0 saturated carbocycles. The average molecular weight is 426 g/mol. The number of nitrogens with zero attached hydrogens (tertiary/aromatic N) is 1. The third-order valence-electron chi connectivity index (χ3n) is 2.88. The molecule has 1 amide bonds. The number of halogens is 1. The Balaban J connectivity index is 2.12. The van der Waals surface area contributed by atoms with Crippen LogP contribution in [0, 0.1) is 3.57 Å². The summed E-state index contributed by atoms with van der Waals surface area (Å²) in [6.45, 7) is 2.24. The van der Waals surface area contributed by atoms with Crippen molar-refractivity contribution in [3.05, 3.63) is 51.1 Å². The van der Waals surface area contributed by atoms with E-state index >= 15 is 0 Å². The Labute approximate surface area is 146 Å². The maximum absolute atomic E-state index is 11.9. The van der Waals surface area contributed by atoms with Crippen LogP contribution in [0.3, 0.4) is 0 Å². The van der Waals surface area contributed by atoms with Crippen LogP contribution in [-0.2, 0) is 0 Å². The number of hydrogen-bond acceptors (Lipinski definition) is 5. The van der Waals surface area contributed by atoms with Gasteiger partial charge in [-0.05, 0) is 59.3 Å². The molecule has 7 heteroatoms. The fraction of sp³-hybridized carbons (Fsp3) is 0.125. The molecular formula is C16H15IN2O4. The lowest BCUT2D eigenvalue weighted by Gasteiger charge is -2.08. The standard InChI is InChI=1S/C16H15IN2O4/c1-2-23-14-8-10(7-12(17)15(14)21)9-18-19-16(22)11-5-3-4-6-13(11)20/h3-9,20-21H,2H2,1H3,(H,19,22)/b18-9+. The van der Waals surface area contributed by atoms with Gasteiger partial charge in [0.05, 0.1) is 22.0 Å². The molecule has 0 atom stereocenters. The Kier molecular flexibility index (Phi) is 5.80. The van der Waals surface area contributed by atoms with Crippen LogP contribution >= 0.6 is 22.6 Å². The number of phenols is 2. The zero-order valence-corrected chi connectivity index (χ0v) is 14.4. The molecule has 3 N–H and O–H groups in total. The number of benzene rings is 2.